The number of nitrogens with one attached hydrogen (secondary N) is 1. The van der Waals surface area contributed by atoms with Crippen molar-refractivity contribution in [1.82, 2.24) is 5.32 Å². The van der Waals surface area contributed by atoms with E-state index in [1.807, 2.05) is 30.0 Å². The van der Waals surface area contributed by atoms with Crippen molar-refractivity contribution in [1.29, 1.82) is 0 Å². The van der Waals surface area contributed by atoms with Crippen LogP contribution in [0.3, 0.4) is 0 Å². The van der Waals surface area contributed by atoms with Crippen molar-refractivity contribution < 1.29 is 9.59 Å². The fraction of sp³-hybridized carbons (Fsp3) is 0.579. The van der Waals surface area contributed by atoms with Gasteiger partial charge >= 0.3 is 0 Å². The Kier molecular flexibility index (Phi) is 6.63. The standard InChI is InChI=1S/C19H28N2O2/c1-3-13-20-18(22)11-6-12-19(23)21-14-7-8-15(2)16-9-4-5-10-17(16)21/h4-5,9-10,15H,3,6-8,11-14H2,1-2H3,(H,20,22)/t15-/m1/s1. The van der Waals surface area contributed by atoms with Gasteiger partial charge < -0.3 is 10.2 Å². The van der Waals surface area contributed by atoms with Crippen LogP contribution < -0.4 is 10.2 Å². The smallest absolute Gasteiger partial charge is 0.226 e. The van der Waals surface area contributed by atoms with Crippen LogP contribution in [-0.4, -0.2) is 24.9 Å². The molecule has 0 saturated carbocycles. The second-order valence-corrected chi connectivity index (χ2v) is 6.35. The molecule has 0 aliphatic carbocycles. The Morgan fingerprint density at radius 1 is 1.26 bits per heavy atom. The van der Waals surface area contributed by atoms with Gasteiger partial charge in [0.05, 0.1) is 0 Å². The zero-order valence-electron chi connectivity index (χ0n) is 14.3. The van der Waals surface area contributed by atoms with Gasteiger partial charge in [0.25, 0.3) is 0 Å². The van der Waals surface area contributed by atoms with E-state index in [-0.39, 0.29) is 11.8 Å². The lowest BCUT2D eigenvalue weighted by molar-refractivity contribution is -0.121. The number of rotatable bonds is 6. The number of carbonyl (C=O) groups excluding carboxylic acids is 2. The summed E-state index contributed by atoms with van der Waals surface area (Å²) in [5.41, 5.74) is 2.32. The maximum absolute atomic E-state index is 12.6. The van der Waals surface area contributed by atoms with E-state index < -0.39 is 0 Å². The van der Waals surface area contributed by atoms with Gasteiger partial charge in [-0.1, -0.05) is 32.0 Å². The van der Waals surface area contributed by atoms with Crippen LogP contribution in [-0.2, 0) is 9.59 Å². The van der Waals surface area contributed by atoms with Crippen molar-refractivity contribution in [2.45, 2.75) is 58.3 Å². The molecule has 1 heterocycles. The molecule has 2 rings (SSSR count). The average molecular weight is 316 g/mol. The third-order valence-electron chi connectivity index (χ3n) is 4.45. The molecule has 1 N–H and O–H groups in total. The minimum absolute atomic E-state index is 0.0459. The molecule has 0 radical (unpaired) electrons. The number of hydrogen-bond donors (Lipinski definition) is 1. The van der Waals surface area contributed by atoms with Crippen LogP contribution in [0.5, 0.6) is 0 Å². The van der Waals surface area contributed by atoms with Crippen molar-refractivity contribution >= 4 is 17.5 Å². The zero-order chi connectivity index (χ0) is 16.7. The van der Waals surface area contributed by atoms with E-state index in [0.717, 1.165) is 31.5 Å². The summed E-state index contributed by atoms with van der Waals surface area (Å²) in [5, 5.41) is 2.85. The van der Waals surface area contributed by atoms with Gasteiger partial charge in [0, 0.05) is 31.6 Å². The van der Waals surface area contributed by atoms with Gasteiger partial charge in [-0.25, -0.2) is 0 Å². The Morgan fingerprint density at radius 3 is 2.83 bits per heavy atom. The Bertz CT molecular complexity index is 542. The van der Waals surface area contributed by atoms with Crippen LogP contribution in [0.25, 0.3) is 0 Å². The summed E-state index contributed by atoms with van der Waals surface area (Å²) in [4.78, 5) is 26.1. The fourth-order valence-corrected chi connectivity index (χ4v) is 3.13. The third kappa shape index (κ3) is 4.81. The first-order valence-corrected chi connectivity index (χ1v) is 8.79. The predicted molar refractivity (Wildman–Crippen MR) is 93.6 cm³/mol. The summed E-state index contributed by atoms with van der Waals surface area (Å²) in [5.74, 6) is 0.670. The topological polar surface area (TPSA) is 49.4 Å². The highest BCUT2D eigenvalue weighted by Crippen LogP contribution is 2.34. The molecule has 4 heteroatoms. The van der Waals surface area contributed by atoms with Gasteiger partial charge in [-0.3, -0.25) is 9.59 Å². The van der Waals surface area contributed by atoms with Crippen molar-refractivity contribution in [2.24, 2.45) is 0 Å². The number of para-hydroxylation sites is 1. The Labute approximate surface area is 139 Å². The number of carbonyl (C=O) groups is 2. The largest absolute Gasteiger partial charge is 0.356 e. The quantitative estimate of drug-likeness (QED) is 0.871. The van der Waals surface area contributed by atoms with Crippen molar-refractivity contribution in [3.8, 4) is 0 Å². The SMILES string of the molecule is CCCNC(=O)CCCC(=O)N1CCC[C@@H](C)c2ccccc21. The number of nitrogens with zero attached hydrogens (tertiary/aromatic N) is 1. The molecule has 2 amide bonds. The lowest BCUT2D eigenvalue weighted by atomic mass is 9.96. The summed E-state index contributed by atoms with van der Waals surface area (Å²) < 4.78 is 0. The van der Waals surface area contributed by atoms with Gasteiger partial charge in [-0.2, -0.15) is 0 Å². The van der Waals surface area contributed by atoms with Crippen LogP contribution in [0, 0.1) is 0 Å². The van der Waals surface area contributed by atoms with Crippen molar-refractivity contribution in [3.63, 3.8) is 0 Å². The normalized spacial score (nSPS) is 17.3. The molecular weight excluding hydrogens is 288 g/mol. The monoisotopic (exact) mass is 316 g/mol. The van der Waals surface area contributed by atoms with E-state index in [2.05, 4.69) is 18.3 Å². The summed E-state index contributed by atoms with van der Waals surface area (Å²) in [6.45, 7) is 5.75. The summed E-state index contributed by atoms with van der Waals surface area (Å²) in [7, 11) is 0. The van der Waals surface area contributed by atoms with Gasteiger partial charge in [-0.15, -0.1) is 0 Å². The highest BCUT2D eigenvalue weighted by Gasteiger charge is 2.23. The van der Waals surface area contributed by atoms with Gasteiger partial charge in [0.15, 0.2) is 0 Å². The van der Waals surface area contributed by atoms with Gasteiger partial charge in [0.2, 0.25) is 11.8 Å². The Balaban J connectivity index is 1.94. The van der Waals surface area contributed by atoms with Crippen LogP contribution in [0.2, 0.25) is 0 Å². The molecule has 1 aromatic rings. The second-order valence-electron chi connectivity index (χ2n) is 6.35. The Hall–Kier alpha value is -1.84. The van der Waals surface area contributed by atoms with E-state index in [9.17, 15) is 9.59 Å². The molecule has 0 unspecified atom stereocenters. The second kappa shape index (κ2) is 8.70. The summed E-state index contributed by atoms with van der Waals surface area (Å²) in [6, 6.07) is 8.21. The molecule has 0 spiro atoms. The highest BCUT2D eigenvalue weighted by molar-refractivity contribution is 5.94. The number of amides is 2. The van der Waals surface area contributed by atoms with Gasteiger partial charge in [-0.05, 0) is 43.2 Å². The lowest BCUT2D eigenvalue weighted by Crippen LogP contribution is -2.32. The third-order valence-corrected chi connectivity index (χ3v) is 4.45. The summed E-state index contributed by atoms with van der Waals surface area (Å²) in [6.07, 6.45) is 4.55. The first-order chi connectivity index (χ1) is 11.1. The van der Waals surface area contributed by atoms with Crippen LogP contribution in [0.1, 0.15) is 63.9 Å². The molecule has 1 aromatic carbocycles. The number of anilines is 1. The van der Waals surface area contributed by atoms with E-state index >= 15 is 0 Å². The van der Waals surface area contributed by atoms with E-state index in [1.54, 1.807) is 0 Å². The molecule has 1 aliphatic rings. The zero-order valence-corrected chi connectivity index (χ0v) is 14.3. The fourth-order valence-electron chi connectivity index (χ4n) is 3.13. The van der Waals surface area contributed by atoms with Crippen molar-refractivity contribution in [2.75, 3.05) is 18.0 Å². The number of benzene rings is 1. The molecular formula is C19H28N2O2. The van der Waals surface area contributed by atoms with Crippen LogP contribution >= 0.6 is 0 Å². The molecule has 126 valence electrons. The predicted octanol–water partition coefficient (Wildman–Crippen LogP) is 3.61. The first kappa shape index (κ1) is 17.5. The molecule has 0 bridgehead atoms. The number of hydrogen-bond acceptors (Lipinski definition) is 2. The van der Waals surface area contributed by atoms with E-state index in [0.29, 0.717) is 31.7 Å². The number of fused-ring (bicyclic) bond motifs is 1. The molecule has 4 nitrogen and oxygen atoms in total. The maximum atomic E-state index is 12.6. The maximum Gasteiger partial charge on any atom is 0.226 e. The van der Waals surface area contributed by atoms with Gasteiger partial charge in [0.1, 0.15) is 0 Å². The van der Waals surface area contributed by atoms with Crippen LogP contribution in [0.4, 0.5) is 5.69 Å². The molecule has 0 saturated heterocycles. The summed E-state index contributed by atoms with van der Waals surface area (Å²) >= 11 is 0. The molecule has 1 aliphatic heterocycles. The Morgan fingerprint density at radius 2 is 2.04 bits per heavy atom. The molecule has 0 fully saturated rings. The molecule has 23 heavy (non-hydrogen) atoms. The average Bonchev–Trinajstić information content (AvgIpc) is 2.72. The first-order valence-electron chi connectivity index (χ1n) is 8.79. The highest BCUT2D eigenvalue weighted by atomic mass is 16.2. The van der Waals surface area contributed by atoms with E-state index in [4.69, 9.17) is 0 Å². The van der Waals surface area contributed by atoms with E-state index in [1.165, 1.54) is 5.56 Å². The minimum atomic E-state index is 0.0459. The molecule has 1 atom stereocenters. The van der Waals surface area contributed by atoms with Crippen molar-refractivity contribution in [3.05, 3.63) is 29.8 Å². The minimum Gasteiger partial charge on any atom is -0.356 e. The van der Waals surface area contributed by atoms with Crippen LogP contribution in [0.15, 0.2) is 24.3 Å². The molecule has 0 aromatic heterocycles. The lowest BCUT2D eigenvalue weighted by Gasteiger charge is -2.23.